The van der Waals surface area contributed by atoms with Crippen molar-refractivity contribution < 1.29 is 9.47 Å². The Morgan fingerprint density at radius 2 is 1.47 bits per heavy atom. The van der Waals surface area contributed by atoms with Crippen LogP contribution in [-0.4, -0.2) is 17.1 Å². The molecular weight excluding hydrogens is 419 g/mol. The number of aromatic nitrogens is 2. The van der Waals surface area contributed by atoms with Gasteiger partial charge in [0.15, 0.2) is 0 Å². The molecule has 0 bridgehead atoms. The summed E-state index contributed by atoms with van der Waals surface area (Å²) < 4.78 is 11.2. The summed E-state index contributed by atoms with van der Waals surface area (Å²) in [6.07, 6.45) is 3.83. The maximum absolute atomic E-state index is 6.27. The summed E-state index contributed by atoms with van der Waals surface area (Å²) in [6.45, 7) is 0.189. The fourth-order valence-electron chi connectivity index (χ4n) is 2.91. The van der Waals surface area contributed by atoms with Crippen LogP contribution in [0.2, 0.25) is 10.0 Å². The maximum Gasteiger partial charge on any atom is 0.240 e. The van der Waals surface area contributed by atoms with E-state index in [2.05, 4.69) is 4.98 Å². The summed E-state index contributed by atoms with van der Waals surface area (Å²) in [7, 11) is 1.64. The minimum absolute atomic E-state index is 0.189. The van der Waals surface area contributed by atoms with Crippen LogP contribution in [0, 0.1) is 0 Å². The lowest BCUT2D eigenvalue weighted by Gasteiger charge is -2.11. The third kappa shape index (κ3) is 4.56. The van der Waals surface area contributed by atoms with Gasteiger partial charge in [-0.15, -0.1) is 0 Å². The number of benzene rings is 3. The van der Waals surface area contributed by atoms with Crippen molar-refractivity contribution >= 4 is 46.4 Å². The molecule has 4 rings (SSSR count). The molecule has 1 aromatic heterocycles. The molecule has 30 heavy (non-hydrogen) atoms. The Balaban J connectivity index is 1.67. The number of rotatable bonds is 6. The number of methoxy groups -OCH3 is 1. The number of halogens is 2. The Hall–Kier alpha value is -3.08. The van der Waals surface area contributed by atoms with Crippen LogP contribution in [-0.2, 0) is 6.61 Å². The molecular formula is C24H18Cl2N2O2. The highest BCUT2D eigenvalue weighted by Gasteiger charge is 2.11. The van der Waals surface area contributed by atoms with Crippen LogP contribution in [0.5, 0.6) is 11.6 Å². The van der Waals surface area contributed by atoms with Crippen molar-refractivity contribution in [2.24, 2.45) is 0 Å². The van der Waals surface area contributed by atoms with Crippen LogP contribution in [0.4, 0.5) is 0 Å². The molecule has 0 saturated carbocycles. The summed E-state index contributed by atoms with van der Waals surface area (Å²) >= 11 is 12.5. The third-order valence-corrected chi connectivity index (χ3v) is 5.24. The van der Waals surface area contributed by atoms with Gasteiger partial charge in [-0.1, -0.05) is 59.6 Å². The first-order chi connectivity index (χ1) is 14.6. The Bertz CT molecular complexity index is 1190. The lowest BCUT2D eigenvalue weighted by atomic mass is 10.2. The predicted molar refractivity (Wildman–Crippen MR) is 122 cm³/mol. The van der Waals surface area contributed by atoms with Crippen LogP contribution >= 0.6 is 23.2 Å². The number of para-hydroxylation sites is 2. The largest absolute Gasteiger partial charge is 0.497 e. The van der Waals surface area contributed by atoms with Gasteiger partial charge in [0.25, 0.3) is 0 Å². The molecule has 4 nitrogen and oxygen atoms in total. The second-order valence-electron chi connectivity index (χ2n) is 6.50. The number of fused-ring (bicyclic) bond motifs is 1. The Kier molecular flexibility index (Phi) is 6.17. The Morgan fingerprint density at radius 1 is 0.800 bits per heavy atom. The maximum atomic E-state index is 6.27. The molecule has 0 atom stereocenters. The van der Waals surface area contributed by atoms with Gasteiger partial charge < -0.3 is 9.47 Å². The number of ether oxygens (including phenoxy) is 2. The average Bonchev–Trinajstić information content (AvgIpc) is 2.77. The van der Waals surface area contributed by atoms with E-state index in [-0.39, 0.29) is 6.61 Å². The molecule has 6 heteroatoms. The van der Waals surface area contributed by atoms with E-state index in [0.717, 1.165) is 22.3 Å². The molecule has 0 N–H and O–H groups in total. The van der Waals surface area contributed by atoms with E-state index in [1.54, 1.807) is 25.3 Å². The van der Waals surface area contributed by atoms with Crippen molar-refractivity contribution in [3.8, 4) is 11.6 Å². The van der Waals surface area contributed by atoms with Crippen LogP contribution in [0.1, 0.15) is 16.8 Å². The zero-order valence-corrected chi connectivity index (χ0v) is 17.7. The van der Waals surface area contributed by atoms with Crippen LogP contribution in [0.25, 0.3) is 23.2 Å². The topological polar surface area (TPSA) is 44.2 Å². The molecule has 0 fully saturated rings. The molecule has 0 radical (unpaired) electrons. The highest BCUT2D eigenvalue weighted by molar-refractivity contribution is 6.35. The molecule has 0 amide bonds. The number of nitrogens with zero attached hydrogens (tertiary/aromatic N) is 2. The summed E-state index contributed by atoms with van der Waals surface area (Å²) in [5.41, 5.74) is 3.87. The highest BCUT2D eigenvalue weighted by atomic mass is 35.5. The highest BCUT2D eigenvalue weighted by Crippen LogP contribution is 2.27. The van der Waals surface area contributed by atoms with E-state index in [4.69, 9.17) is 37.7 Å². The third-order valence-electron chi connectivity index (χ3n) is 4.53. The minimum Gasteiger partial charge on any atom is -0.497 e. The summed E-state index contributed by atoms with van der Waals surface area (Å²) in [4.78, 5) is 9.36. The quantitative estimate of drug-likeness (QED) is 0.337. The second kappa shape index (κ2) is 9.16. The Labute approximate surface area is 184 Å². The van der Waals surface area contributed by atoms with E-state index in [1.165, 1.54) is 0 Å². The van der Waals surface area contributed by atoms with E-state index in [9.17, 15) is 0 Å². The zero-order chi connectivity index (χ0) is 20.9. The van der Waals surface area contributed by atoms with Gasteiger partial charge >= 0.3 is 0 Å². The van der Waals surface area contributed by atoms with Gasteiger partial charge in [0.2, 0.25) is 5.88 Å². The standard InChI is InChI=1S/C24H18Cl2N2O2/c1-29-17-12-9-16(10-13-17)11-14-23-24(28-22-8-3-2-7-21(22)27-23)30-15-18-19(25)5-4-6-20(18)26/h2-14H,15H2,1H3. The molecule has 1 heterocycles. The smallest absolute Gasteiger partial charge is 0.240 e. The van der Waals surface area contributed by atoms with Crippen molar-refractivity contribution in [2.45, 2.75) is 6.61 Å². The lowest BCUT2D eigenvalue weighted by Crippen LogP contribution is -2.02. The van der Waals surface area contributed by atoms with Crippen molar-refractivity contribution in [1.29, 1.82) is 0 Å². The first-order valence-electron chi connectivity index (χ1n) is 9.28. The molecule has 150 valence electrons. The molecule has 0 unspecified atom stereocenters. The molecule has 0 aliphatic heterocycles. The molecule has 0 aliphatic rings. The molecule has 0 spiro atoms. The number of hydrogen-bond acceptors (Lipinski definition) is 4. The average molecular weight is 437 g/mol. The first-order valence-corrected chi connectivity index (χ1v) is 10.0. The lowest BCUT2D eigenvalue weighted by molar-refractivity contribution is 0.293. The van der Waals surface area contributed by atoms with Crippen molar-refractivity contribution in [3.63, 3.8) is 0 Å². The van der Waals surface area contributed by atoms with Crippen LogP contribution in [0.15, 0.2) is 66.7 Å². The Morgan fingerprint density at radius 3 is 2.13 bits per heavy atom. The fourth-order valence-corrected chi connectivity index (χ4v) is 3.42. The van der Waals surface area contributed by atoms with Gasteiger partial charge in [0.05, 0.1) is 18.1 Å². The van der Waals surface area contributed by atoms with E-state index in [0.29, 0.717) is 27.2 Å². The van der Waals surface area contributed by atoms with Gasteiger partial charge in [-0.2, -0.15) is 0 Å². The first kappa shape index (κ1) is 20.2. The van der Waals surface area contributed by atoms with Crippen molar-refractivity contribution in [1.82, 2.24) is 9.97 Å². The molecule has 3 aromatic carbocycles. The second-order valence-corrected chi connectivity index (χ2v) is 7.31. The molecule has 0 aliphatic carbocycles. The van der Waals surface area contributed by atoms with Gasteiger partial charge in [-0.05, 0) is 48.0 Å². The van der Waals surface area contributed by atoms with Crippen molar-refractivity contribution in [3.05, 3.63) is 93.6 Å². The number of hydrogen-bond donors (Lipinski definition) is 0. The zero-order valence-electron chi connectivity index (χ0n) is 16.2. The monoisotopic (exact) mass is 436 g/mol. The van der Waals surface area contributed by atoms with Crippen molar-refractivity contribution in [2.75, 3.05) is 7.11 Å². The molecule has 0 saturated heterocycles. The minimum atomic E-state index is 0.189. The normalized spacial score (nSPS) is 11.2. The fraction of sp³-hybridized carbons (Fsp3) is 0.0833. The SMILES string of the molecule is COc1ccc(C=Cc2nc3ccccc3nc2OCc2c(Cl)cccc2Cl)cc1. The van der Waals surface area contributed by atoms with Gasteiger partial charge in [-0.3, -0.25) is 0 Å². The van der Waals surface area contributed by atoms with E-state index >= 15 is 0 Å². The van der Waals surface area contributed by atoms with Gasteiger partial charge in [-0.25, -0.2) is 9.97 Å². The summed E-state index contributed by atoms with van der Waals surface area (Å²) in [6, 6.07) is 20.8. The summed E-state index contributed by atoms with van der Waals surface area (Å²) in [5, 5.41) is 1.10. The van der Waals surface area contributed by atoms with Gasteiger partial charge in [0.1, 0.15) is 18.1 Å². The molecule has 4 aromatic rings. The van der Waals surface area contributed by atoms with E-state index < -0.39 is 0 Å². The predicted octanol–water partition coefficient (Wildman–Crippen LogP) is 6.69. The van der Waals surface area contributed by atoms with Gasteiger partial charge in [0, 0.05) is 15.6 Å². The van der Waals surface area contributed by atoms with E-state index in [1.807, 2.05) is 60.7 Å². The van der Waals surface area contributed by atoms with Crippen LogP contribution in [0.3, 0.4) is 0 Å². The summed E-state index contributed by atoms with van der Waals surface area (Å²) in [5.74, 6) is 1.22. The van der Waals surface area contributed by atoms with Crippen LogP contribution < -0.4 is 9.47 Å².